The molecule has 2 unspecified atom stereocenters. The van der Waals surface area contributed by atoms with E-state index in [0.29, 0.717) is 0 Å². The van der Waals surface area contributed by atoms with Crippen LogP contribution in [-0.4, -0.2) is 85.2 Å². The van der Waals surface area contributed by atoms with Crippen molar-refractivity contribution in [2.45, 2.75) is 18.3 Å². The SMILES string of the molecule is C=CC(=O)OC(CO)COCC(O)COCC(CO)OC(=O)C=C. The van der Waals surface area contributed by atoms with E-state index in [1.807, 2.05) is 0 Å². The maximum absolute atomic E-state index is 11.0. The van der Waals surface area contributed by atoms with Crippen LogP contribution in [0.2, 0.25) is 0 Å². The van der Waals surface area contributed by atoms with E-state index in [9.17, 15) is 14.7 Å². The topological polar surface area (TPSA) is 132 Å². The van der Waals surface area contributed by atoms with E-state index in [2.05, 4.69) is 13.2 Å². The largest absolute Gasteiger partial charge is 0.454 e. The van der Waals surface area contributed by atoms with Crippen LogP contribution in [0.5, 0.6) is 0 Å². The maximum atomic E-state index is 11.0. The zero-order valence-corrected chi connectivity index (χ0v) is 13.3. The van der Waals surface area contributed by atoms with Crippen molar-refractivity contribution in [1.29, 1.82) is 0 Å². The Bertz CT molecular complexity index is 360. The van der Waals surface area contributed by atoms with Crippen molar-refractivity contribution in [2.75, 3.05) is 39.6 Å². The molecule has 24 heavy (non-hydrogen) atoms. The van der Waals surface area contributed by atoms with Crippen LogP contribution in [0.4, 0.5) is 0 Å². The first-order valence-electron chi connectivity index (χ1n) is 7.18. The van der Waals surface area contributed by atoms with Crippen LogP contribution in [0.15, 0.2) is 25.3 Å². The van der Waals surface area contributed by atoms with E-state index in [1.165, 1.54) is 0 Å². The van der Waals surface area contributed by atoms with Crippen molar-refractivity contribution in [3.05, 3.63) is 25.3 Å². The van der Waals surface area contributed by atoms with Crippen LogP contribution in [0, 0.1) is 0 Å². The molecule has 0 fully saturated rings. The Hall–Kier alpha value is -1.78. The van der Waals surface area contributed by atoms with Crippen molar-refractivity contribution in [3.8, 4) is 0 Å². The van der Waals surface area contributed by atoms with Gasteiger partial charge in [-0.1, -0.05) is 13.2 Å². The first-order chi connectivity index (χ1) is 11.5. The van der Waals surface area contributed by atoms with Gasteiger partial charge in [0.05, 0.1) is 39.6 Å². The highest BCUT2D eigenvalue weighted by molar-refractivity contribution is 5.81. The molecule has 0 aliphatic carbocycles. The van der Waals surface area contributed by atoms with Gasteiger partial charge in [-0.25, -0.2) is 9.59 Å². The van der Waals surface area contributed by atoms with Crippen LogP contribution < -0.4 is 0 Å². The molecule has 0 saturated carbocycles. The van der Waals surface area contributed by atoms with Crippen molar-refractivity contribution < 1.29 is 43.9 Å². The van der Waals surface area contributed by atoms with Crippen LogP contribution in [0.3, 0.4) is 0 Å². The molecule has 0 spiro atoms. The van der Waals surface area contributed by atoms with Crippen LogP contribution in [0.25, 0.3) is 0 Å². The fourth-order valence-corrected chi connectivity index (χ4v) is 1.39. The summed E-state index contributed by atoms with van der Waals surface area (Å²) in [5.74, 6) is -1.38. The number of ether oxygens (including phenoxy) is 4. The zero-order valence-electron chi connectivity index (χ0n) is 13.3. The molecule has 2 atom stereocenters. The maximum Gasteiger partial charge on any atom is 0.330 e. The van der Waals surface area contributed by atoms with Gasteiger partial charge in [0.25, 0.3) is 0 Å². The third-order valence-electron chi connectivity index (χ3n) is 2.53. The molecule has 0 rings (SSSR count). The highest BCUT2D eigenvalue weighted by Crippen LogP contribution is 1.98. The van der Waals surface area contributed by atoms with Gasteiger partial charge in [-0.05, 0) is 0 Å². The lowest BCUT2D eigenvalue weighted by molar-refractivity contribution is -0.150. The normalized spacial score (nSPS) is 14.3. The summed E-state index contributed by atoms with van der Waals surface area (Å²) in [7, 11) is 0. The lowest BCUT2D eigenvalue weighted by Gasteiger charge is -2.18. The first kappa shape index (κ1) is 22.2. The van der Waals surface area contributed by atoms with Gasteiger partial charge in [-0.2, -0.15) is 0 Å². The molecule has 9 nitrogen and oxygen atoms in total. The molecule has 0 amide bonds. The number of aliphatic hydroxyl groups excluding tert-OH is 3. The van der Waals surface area contributed by atoms with E-state index in [-0.39, 0.29) is 26.4 Å². The second kappa shape index (κ2) is 13.6. The molecular formula is C15H24O9. The highest BCUT2D eigenvalue weighted by atomic mass is 16.6. The minimum absolute atomic E-state index is 0.108. The number of rotatable bonds is 14. The quantitative estimate of drug-likeness (QED) is 0.255. The summed E-state index contributed by atoms with van der Waals surface area (Å²) < 4.78 is 19.8. The molecular weight excluding hydrogens is 324 g/mol. The van der Waals surface area contributed by atoms with E-state index >= 15 is 0 Å². The second-order valence-corrected chi connectivity index (χ2v) is 4.62. The summed E-state index contributed by atoms with van der Waals surface area (Å²) in [5.41, 5.74) is 0. The summed E-state index contributed by atoms with van der Waals surface area (Å²) >= 11 is 0. The molecule has 3 N–H and O–H groups in total. The zero-order chi connectivity index (χ0) is 18.4. The van der Waals surface area contributed by atoms with Crippen LogP contribution in [0.1, 0.15) is 0 Å². The van der Waals surface area contributed by atoms with Gasteiger partial charge in [0, 0.05) is 12.2 Å². The van der Waals surface area contributed by atoms with Gasteiger partial charge < -0.3 is 34.3 Å². The third-order valence-corrected chi connectivity index (χ3v) is 2.53. The number of esters is 2. The monoisotopic (exact) mass is 348 g/mol. The summed E-state index contributed by atoms with van der Waals surface area (Å²) in [5, 5.41) is 27.7. The van der Waals surface area contributed by atoms with Gasteiger partial charge >= 0.3 is 11.9 Å². The first-order valence-corrected chi connectivity index (χ1v) is 7.18. The van der Waals surface area contributed by atoms with Crippen molar-refractivity contribution in [2.24, 2.45) is 0 Å². The molecule has 0 bridgehead atoms. The Balaban J connectivity index is 3.90. The van der Waals surface area contributed by atoms with Gasteiger partial charge in [-0.3, -0.25) is 0 Å². The van der Waals surface area contributed by atoms with Crippen LogP contribution in [-0.2, 0) is 28.5 Å². The molecule has 0 saturated heterocycles. The molecule has 9 heteroatoms. The Morgan fingerprint density at radius 3 is 1.50 bits per heavy atom. The highest BCUT2D eigenvalue weighted by Gasteiger charge is 2.15. The van der Waals surface area contributed by atoms with Gasteiger partial charge in [0.1, 0.15) is 18.3 Å². The van der Waals surface area contributed by atoms with Gasteiger partial charge in [0.2, 0.25) is 0 Å². The molecule has 138 valence electrons. The molecule has 0 aromatic carbocycles. The number of hydrogen-bond donors (Lipinski definition) is 3. The Labute approximate surface area is 140 Å². The van der Waals surface area contributed by atoms with Crippen molar-refractivity contribution >= 4 is 11.9 Å². The molecule has 0 heterocycles. The van der Waals surface area contributed by atoms with E-state index in [0.717, 1.165) is 12.2 Å². The lowest BCUT2D eigenvalue weighted by atomic mass is 10.3. The molecule has 0 aromatic rings. The number of aliphatic hydroxyl groups is 3. The van der Waals surface area contributed by atoms with E-state index < -0.39 is 43.5 Å². The Morgan fingerprint density at radius 2 is 1.21 bits per heavy atom. The second-order valence-electron chi connectivity index (χ2n) is 4.62. The predicted molar refractivity (Wildman–Crippen MR) is 82.0 cm³/mol. The molecule has 0 aromatic heterocycles. The van der Waals surface area contributed by atoms with Gasteiger partial charge in [0.15, 0.2) is 0 Å². The lowest BCUT2D eigenvalue weighted by Crippen LogP contribution is -2.31. The average molecular weight is 348 g/mol. The summed E-state index contributed by atoms with van der Waals surface area (Å²) in [6, 6.07) is 0. The fraction of sp³-hybridized carbons (Fsp3) is 0.600. The van der Waals surface area contributed by atoms with E-state index in [1.54, 1.807) is 0 Å². The van der Waals surface area contributed by atoms with Crippen molar-refractivity contribution in [1.82, 2.24) is 0 Å². The molecule has 0 aliphatic heterocycles. The number of carbonyl (C=O) groups excluding carboxylic acids is 2. The summed E-state index contributed by atoms with van der Waals surface area (Å²) in [6.07, 6.45) is -0.792. The Morgan fingerprint density at radius 1 is 0.833 bits per heavy atom. The number of hydrogen-bond acceptors (Lipinski definition) is 9. The predicted octanol–water partition coefficient (Wildman–Crippen LogP) is -1.44. The van der Waals surface area contributed by atoms with Crippen LogP contribution >= 0.6 is 0 Å². The minimum atomic E-state index is -0.992. The van der Waals surface area contributed by atoms with Crippen molar-refractivity contribution in [3.63, 3.8) is 0 Å². The summed E-state index contributed by atoms with van der Waals surface area (Å²) in [4.78, 5) is 21.9. The molecule has 0 aliphatic rings. The standard InChI is InChI=1S/C15H24O9/c1-3-14(19)23-12(5-16)9-21-7-11(18)8-22-10-13(6-17)24-15(20)4-2/h3-4,11-13,16-18H,1-2,5-10H2. The third kappa shape index (κ3) is 10.9. The Kier molecular flexibility index (Phi) is 12.6. The van der Waals surface area contributed by atoms with Gasteiger partial charge in [-0.15, -0.1) is 0 Å². The smallest absolute Gasteiger partial charge is 0.330 e. The minimum Gasteiger partial charge on any atom is -0.454 e. The fourth-order valence-electron chi connectivity index (χ4n) is 1.39. The summed E-state index contributed by atoms with van der Waals surface area (Å²) in [6.45, 7) is 5.12. The number of carbonyl (C=O) groups is 2. The average Bonchev–Trinajstić information content (AvgIpc) is 2.59. The van der Waals surface area contributed by atoms with E-state index in [4.69, 9.17) is 29.2 Å². The molecule has 0 radical (unpaired) electrons.